The number of para-hydroxylation sites is 1. The molecule has 0 radical (unpaired) electrons. The molecule has 0 aliphatic carbocycles. The van der Waals surface area contributed by atoms with E-state index >= 15 is 0 Å². The molecule has 1 aromatic heterocycles. The van der Waals surface area contributed by atoms with Crippen LogP contribution in [-0.4, -0.2) is 17.5 Å². The molecule has 0 saturated heterocycles. The number of hydrogen-bond acceptors (Lipinski definition) is 3. The van der Waals surface area contributed by atoms with E-state index in [1.54, 1.807) is 0 Å². The van der Waals surface area contributed by atoms with Crippen LogP contribution in [0, 0.1) is 0 Å². The van der Waals surface area contributed by atoms with Gasteiger partial charge in [0.1, 0.15) is 5.58 Å². The van der Waals surface area contributed by atoms with Gasteiger partial charge in [0.2, 0.25) is 0 Å². The summed E-state index contributed by atoms with van der Waals surface area (Å²) in [4.78, 5) is 0. The SMILES string of the molecule is CCSCCC(C)NCc1coc2ccccc12. The van der Waals surface area contributed by atoms with E-state index in [1.807, 2.05) is 30.2 Å². The Balaban J connectivity index is 1.86. The average molecular weight is 263 g/mol. The first-order valence-corrected chi connectivity index (χ1v) is 7.73. The van der Waals surface area contributed by atoms with Crippen LogP contribution in [0.15, 0.2) is 34.9 Å². The van der Waals surface area contributed by atoms with Gasteiger partial charge in [0.15, 0.2) is 0 Å². The van der Waals surface area contributed by atoms with E-state index < -0.39 is 0 Å². The molecule has 2 aromatic rings. The second-order valence-electron chi connectivity index (χ2n) is 4.52. The molecule has 1 heterocycles. The highest BCUT2D eigenvalue weighted by Gasteiger charge is 2.06. The molecule has 1 atom stereocenters. The van der Waals surface area contributed by atoms with Gasteiger partial charge in [-0.1, -0.05) is 25.1 Å². The summed E-state index contributed by atoms with van der Waals surface area (Å²) in [6.07, 6.45) is 3.08. The van der Waals surface area contributed by atoms with Crippen molar-refractivity contribution in [1.82, 2.24) is 5.32 Å². The van der Waals surface area contributed by atoms with Gasteiger partial charge in [-0.3, -0.25) is 0 Å². The van der Waals surface area contributed by atoms with Crippen LogP contribution in [0.5, 0.6) is 0 Å². The van der Waals surface area contributed by atoms with E-state index in [1.165, 1.54) is 28.9 Å². The second kappa shape index (κ2) is 6.86. The van der Waals surface area contributed by atoms with Gasteiger partial charge in [0.25, 0.3) is 0 Å². The van der Waals surface area contributed by atoms with Gasteiger partial charge in [-0.2, -0.15) is 11.8 Å². The number of fused-ring (bicyclic) bond motifs is 1. The standard InChI is InChI=1S/C15H21NOS/c1-3-18-9-8-12(2)16-10-13-11-17-15-7-5-4-6-14(13)15/h4-7,11-12,16H,3,8-10H2,1-2H3. The summed E-state index contributed by atoms with van der Waals surface area (Å²) in [6, 6.07) is 8.75. The Morgan fingerprint density at radius 3 is 3.00 bits per heavy atom. The molecule has 0 bridgehead atoms. The van der Waals surface area contributed by atoms with Crippen LogP contribution in [-0.2, 0) is 6.54 Å². The molecule has 3 heteroatoms. The van der Waals surface area contributed by atoms with Crippen LogP contribution in [0.3, 0.4) is 0 Å². The maximum atomic E-state index is 5.54. The second-order valence-corrected chi connectivity index (χ2v) is 5.92. The third-order valence-corrected chi connectivity index (χ3v) is 4.03. The Hall–Kier alpha value is -0.930. The van der Waals surface area contributed by atoms with E-state index in [0.29, 0.717) is 6.04 Å². The number of benzene rings is 1. The summed E-state index contributed by atoms with van der Waals surface area (Å²) >= 11 is 2.00. The molecule has 1 N–H and O–H groups in total. The van der Waals surface area contributed by atoms with Crippen molar-refractivity contribution in [3.63, 3.8) is 0 Å². The summed E-state index contributed by atoms with van der Waals surface area (Å²) < 4.78 is 5.54. The number of furan rings is 1. The molecule has 2 nitrogen and oxygen atoms in total. The quantitative estimate of drug-likeness (QED) is 0.763. The molecule has 18 heavy (non-hydrogen) atoms. The Kier molecular flexibility index (Phi) is 5.14. The van der Waals surface area contributed by atoms with Crippen molar-refractivity contribution in [2.24, 2.45) is 0 Å². The number of hydrogen-bond donors (Lipinski definition) is 1. The van der Waals surface area contributed by atoms with Crippen molar-refractivity contribution in [2.75, 3.05) is 11.5 Å². The summed E-state index contributed by atoms with van der Waals surface area (Å²) in [5, 5.41) is 4.79. The van der Waals surface area contributed by atoms with Gasteiger partial charge in [0, 0.05) is 23.5 Å². The van der Waals surface area contributed by atoms with Crippen LogP contribution >= 0.6 is 11.8 Å². The van der Waals surface area contributed by atoms with Gasteiger partial charge in [-0.05, 0) is 30.9 Å². The molecule has 98 valence electrons. The fourth-order valence-corrected chi connectivity index (χ4v) is 2.77. The summed E-state index contributed by atoms with van der Waals surface area (Å²) in [6.45, 7) is 5.34. The van der Waals surface area contributed by atoms with E-state index in [-0.39, 0.29) is 0 Å². The highest BCUT2D eigenvalue weighted by Crippen LogP contribution is 2.20. The van der Waals surface area contributed by atoms with Gasteiger partial charge in [0.05, 0.1) is 6.26 Å². The Morgan fingerprint density at radius 1 is 1.33 bits per heavy atom. The maximum absolute atomic E-state index is 5.54. The first-order valence-electron chi connectivity index (χ1n) is 6.57. The zero-order chi connectivity index (χ0) is 12.8. The Morgan fingerprint density at radius 2 is 2.17 bits per heavy atom. The molecule has 0 fully saturated rings. The summed E-state index contributed by atoms with van der Waals surface area (Å²) in [5.41, 5.74) is 2.23. The first kappa shape index (κ1) is 13.5. The molecule has 2 rings (SSSR count). The highest BCUT2D eigenvalue weighted by molar-refractivity contribution is 7.99. The Labute approximate surface area is 113 Å². The summed E-state index contributed by atoms with van der Waals surface area (Å²) in [5.74, 6) is 2.44. The smallest absolute Gasteiger partial charge is 0.134 e. The average Bonchev–Trinajstić information content (AvgIpc) is 2.80. The lowest BCUT2D eigenvalue weighted by molar-refractivity contribution is 0.532. The normalized spacial score (nSPS) is 13.0. The van der Waals surface area contributed by atoms with Crippen molar-refractivity contribution >= 4 is 22.7 Å². The minimum atomic E-state index is 0.553. The van der Waals surface area contributed by atoms with Crippen LogP contribution in [0.25, 0.3) is 11.0 Å². The number of rotatable bonds is 7. The molecular formula is C15H21NOS. The van der Waals surface area contributed by atoms with E-state index in [4.69, 9.17) is 4.42 Å². The summed E-state index contributed by atoms with van der Waals surface area (Å²) in [7, 11) is 0. The predicted molar refractivity (Wildman–Crippen MR) is 80.1 cm³/mol. The largest absolute Gasteiger partial charge is 0.464 e. The zero-order valence-electron chi connectivity index (χ0n) is 11.1. The van der Waals surface area contributed by atoms with Crippen molar-refractivity contribution in [1.29, 1.82) is 0 Å². The van der Waals surface area contributed by atoms with Gasteiger partial charge in [-0.25, -0.2) is 0 Å². The van der Waals surface area contributed by atoms with Crippen LogP contribution < -0.4 is 5.32 Å². The Bertz CT molecular complexity index is 480. The first-order chi connectivity index (χ1) is 8.81. The van der Waals surface area contributed by atoms with Crippen molar-refractivity contribution < 1.29 is 4.42 Å². The van der Waals surface area contributed by atoms with Gasteiger partial charge < -0.3 is 9.73 Å². The van der Waals surface area contributed by atoms with Crippen LogP contribution in [0.2, 0.25) is 0 Å². The van der Waals surface area contributed by atoms with Crippen LogP contribution in [0.1, 0.15) is 25.8 Å². The molecule has 1 aromatic carbocycles. The predicted octanol–water partition coefficient (Wildman–Crippen LogP) is 4.05. The molecule has 0 spiro atoms. The third kappa shape index (κ3) is 3.53. The topological polar surface area (TPSA) is 25.2 Å². The van der Waals surface area contributed by atoms with E-state index in [0.717, 1.165) is 12.1 Å². The van der Waals surface area contributed by atoms with Gasteiger partial charge >= 0.3 is 0 Å². The highest BCUT2D eigenvalue weighted by atomic mass is 32.2. The van der Waals surface area contributed by atoms with Gasteiger partial charge in [-0.15, -0.1) is 0 Å². The van der Waals surface area contributed by atoms with Crippen LogP contribution in [0.4, 0.5) is 0 Å². The molecule has 1 unspecified atom stereocenters. The molecule has 0 aliphatic rings. The third-order valence-electron chi connectivity index (χ3n) is 3.10. The number of nitrogens with one attached hydrogen (secondary N) is 1. The minimum Gasteiger partial charge on any atom is -0.464 e. The lowest BCUT2D eigenvalue weighted by atomic mass is 10.1. The molecule has 0 aliphatic heterocycles. The molecular weight excluding hydrogens is 242 g/mol. The number of thioether (sulfide) groups is 1. The fraction of sp³-hybridized carbons (Fsp3) is 0.467. The monoisotopic (exact) mass is 263 g/mol. The van der Waals surface area contributed by atoms with Crippen molar-refractivity contribution in [3.8, 4) is 0 Å². The van der Waals surface area contributed by atoms with E-state index in [2.05, 4.69) is 31.3 Å². The maximum Gasteiger partial charge on any atom is 0.134 e. The fourth-order valence-electron chi connectivity index (χ4n) is 1.96. The lowest BCUT2D eigenvalue weighted by Crippen LogP contribution is -2.25. The lowest BCUT2D eigenvalue weighted by Gasteiger charge is -2.12. The van der Waals surface area contributed by atoms with E-state index in [9.17, 15) is 0 Å². The van der Waals surface area contributed by atoms with Crippen molar-refractivity contribution in [3.05, 3.63) is 36.1 Å². The van der Waals surface area contributed by atoms with Crippen molar-refractivity contribution in [2.45, 2.75) is 32.9 Å². The molecule has 0 amide bonds. The molecule has 0 saturated carbocycles. The minimum absolute atomic E-state index is 0.553. The zero-order valence-corrected chi connectivity index (χ0v) is 11.9.